The molecule has 0 fully saturated rings. The van der Waals surface area contributed by atoms with Crippen molar-refractivity contribution in [1.29, 1.82) is 0 Å². The Hall–Kier alpha value is -2.13. The molecule has 0 aromatic heterocycles. The highest BCUT2D eigenvalue weighted by molar-refractivity contribution is 6.10. The summed E-state index contributed by atoms with van der Waals surface area (Å²) in [6.45, 7) is 0. The van der Waals surface area contributed by atoms with Crippen LogP contribution in [0.1, 0.15) is 20.7 Å². The number of rotatable bonds is 3. The van der Waals surface area contributed by atoms with Crippen molar-refractivity contribution in [3.63, 3.8) is 0 Å². The van der Waals surface area contributed by atoms with Gasteiger partial charge in [-0.25, -0.2) is 9.18 Å². The van der Waals surface area contributed by atoms with Crippen LogP contribution in [0.25, 0.3) is 0 Å². The molecule has 3 nitrogen and oxygen atoms in total. The van der Waals surface area contributed by atoms with Gasteiger partial charge in [-0.15, -0.1) is 0 Å². The molecule has 10 heteroatoms. The first-order valence-electron chi connectivity index (χ1n) is 5.03. The largest absolute Gasteiger partial charge is 0.478 e. The molecule has 1 aromatic carbocycles. The predicted octanol–water partition coefficient (Wildman–Crippen LogP) is 3.40. The molecule has 1 rings (SSSR count). The van der Waals surface area contributed by atoms with Gasteiger partial charge in [0, 0.05) is 5.56 Å². The van der Waals surface area contributed by atoms with Gasteiger partial charge in [0.15, 0.2) is 0 Å². The predicted molar refractivity (Wildman–Crippen MR) is 53.7 cm³/mol. The van der Waals surface area contributed by atoms with Crippen molar-refractivity contribution in [3.05, 3.63) is 35.4 Å². The van der Waals surface area contributed by atoms with E-state index in [1.807, 2.05) is 0 Å². The maximum absolute atomic E-state index is 13.5. The Kier molecular flexibility index (Phi) is 4.04. The maximum atomic E-state index is 13.5. The third-order valence-corrected chi connectivity index (χ3v) is 2.50. The summed E-state index contributed by atoms with van der Waals surface area (Å²) >= 11 is 0. The number of hydrogen-bond acceptors (Lipinski definition) is 2. The van der Waals surface area contributed by atoms with E-state index in [2.05, 4.69) is 0 Å². The lowest BCUT2D eigenvalue weighted by atomic mass is 9.90. The number of halogens is 7. The molecule has 0 aliphatic carbocycles. The highest BCUT2D eigenvalue weighted by atomic mass is 19.4. The molecule has 116 valence electrons. The zero-order valence-electron chi connectivity index (χ0n) is 9.72. The number of hydrogen-bond donors (Lipinski definition) is 1. The number of Topliss-reactive ketones (excluding diaryl/α,β-unsaturated/α-hetero) is 1. The van der Waals surface area contributed by atoms with E-state index in [9.17, 15) is 40.3 Å². The summed E-state index contributed by atoms with van der Waals surface area (Å²) in [5.41, 5.74) is -8.88. The molecule has 0 heterocycles. The van der Waals surface area contributed by atoms with Gasteiger partial charge in [0.05, 0.1) is 5.56 Å². The maximum Gasteiger partial charge on any atom is 0.439 e. The molecule has 0 aliphatic heterocycles. The van der Waals surface area contributed by atoms with Crippen molar-refractivity contribution >= 4 is 11.8 Å². The number of benzene rings is 1. The van der Waals surface area contributed by atoms with Crippen LogP contribution in [0.3, 0.4) is 0 Å². The van der Waals surface area contributed by atoms with Crippen molar-refractivity contribution in [2.45, 2.75) is 18.0 Å². The normalized spacial score (nSPS) is 13.1. The van der Waals surface area contributed by atoms with E-state index in [1.165, 1.54) is 0 Å². The molecule has 0 spiro atoms. The van der Waals surface area contributed by atoms with Crippen molar-refractivity contribution in [3.8, 4) is 0 Å². The van der Waals surface area contributed by atoms with Gasteiger partial charge in [-0.1, -0.05) is 18.2 Å². The monoisotopic (exact) mass is 318 g/mol. The molecule has 1 aromatic rings. The second-order valence-corrected chi connectivity index (χ2v) is 3.83. The minimum absolute atomic E-state index is 0.373. The molecule has 0 radical (unpaired) electrons. The van der Waals surface area contributed by atoms with Crippen LogP contribution in [-0.2, 0) is 0 Å². The summed E-state index contributed by atoms with van der Waals surface area (Å²) in [4.78, 5) is 22.1. The summed E-state index contributed by atoms with van der Waals surface area (Å²) in [6.07, 6.45) is -13.2. The fraction of sp³-hybridized carbons (Fsp3) is 0.273. The first-order chi connectivity index (χ1) is 9.34. The van der Waals surface area contributed by atoms with E-state index in [4.69, 9.17) is 5.11 Å². The van der Waals surface area contributed by atoms with E-state index >= 15 is 0 Å². The van der Waals surface area contributed by atoms with E-state index in [1.54, 1.807) is 0 Å². The van der Waals surface area contributed by atoms with Gasteiger partial charge in [-0.05, 0) is 6.07 Å². The fourth-order valence-electron chi connectivity index (χ4n) is 1.47. The molecule has 1 N–H and O–H groups in total. The molecule has 0 saturated heterocycles. The van der Waals surface area contributed by atoms with Crippen LogP contribution in [0.4, 0.5) is 30.7 Å². The molecule has 0 unspecified atom stereocenters. The van der Waals surface area contributed by atoms with Gasteiger partial charge in [0.25, 0.3) is 0 Å². The summed E-state index contributed by atoms with van der Waals surface area (Å²) in [7, 11) is 0. The Bertz CT molecular complexity index is 560. The first kappa shape index (κ1) is 16.9. The van der Waals surface area contributed by atoms with Crippen LogP contribution in [0, 0.1) is 0 Å². The van der Waals surface area contributed by atoms with Gasteiger partial charge in [0.1, 0.15) is 0 Å². The molecule has 0 saturated carbocycles. The molecule has 21 heavy (non-hydrogen) atoms. The van der Waals surface area contributed by atoms with Crippen LogP contribution < -0.4 is 0 Å². The van der Waals surface area contributed by atoms with Gasteiger partial charge in [0.2, 0.25) is 5.78 Å². The number of carboxylic acids is 1. The Labute approximate surface area is 112 Å². The molecule has 0 aliphatic rings. The summed E-state index contributed by atoms with van der Waals surface area (Å²) in [5.74, 6) is -4.99. The quantitative estimate of drug-likeness (QED) is 0.686. The van der Waals surface area contributed by atoms with Gasteiger partial charge in [-0.3, -0.25) is 4.79 Å². The molecule has 0 amide bonds. The average molecular weight is 318 g/mol. The highest BCUT2D eigenvalue weighted by Crippen LogP contribution is 2.48. The lowest BCUT2D eigenvalue weighted by Crippen LogP contribution is -2.59. The van der Waals surface area contributed by atoms with Crippen LogP contribution in [0.5, 0.6) is 0 Å². The van der Waals surface area contributed by atoms with E-state index in [0.717, 1.165) is 12.1 Å². The second kappa shape index (κ2) is 5.01. The SMILES string of the molecule is O=C(O)c1ccccc1C(=O)C(F)(C(F)(F)F)C(F)(F)F. The number of aromatic carboxylic acids is 1. The zero-order chi connectivity index (χ0) is 16.6. The van der Waals surface area contributed by atoms with Gasteiger partial charge < -0.3 is 5.11 Å². The highest BCUT2D eigenvalue weighted by Gasteiger charge is 2.77. The first-order valence-corrected chi connectivity index (χ1v) is 5.03. The smallest absolute Gasteiger partial charge is 0.439 e. The number of ketones is 1. The third kappa shape index (κ3) is 2.69. The fourth-order valence-corrected chi connectivity index (χ4v) is 1.47. The minimum atomic E-state index is -6.59. The summed E-state index contributed by atoms with van der Waals surface area (Å²) in [6, 6.07) is 2.73. The van der Waals surface area contributed by atoms with Crippen molar-refractivity contribution in [2.24, 2.45) is 0 Å². The summed E-state index contributed by atoms with van der Waals surface area (Å²) in [5, 5.41) is 8.65. The van der Waals surface area contributed by atoms with Crippen LogP contribution in [0.2, 0.25) is 0 Å². The topological polar surface area (TPSA) is 54.4 Å². The Balaban J connectivity index is 3.57. The molecular weight excluding hydrogens is 313 g/mol. The van der Waals surface area contributed by atoms with Gasteiger partial charge >= 0.3 is 24.0 Å². The van der Waals surface area contributed by atoms with Crippen LogP contribution in [0.15, 0.2) is 24.3 Å². The number of carbonyl (C=O) groups is 2. The standard InChI is InChI=1S/C11H5F7O3/c12-9(10(13,14)15,11(16,17)18)7(19)5-3-1-2-4-6(5)8(20)21/h1-4H,(H,20,21). The van der Waals surface area contributed by atoms with Gasteiger partial charge in [-0.2, -0.15) is 26.3 Å². The number of alkyl halides is 7. The van der Waals surface area contributed by atoms with E-state index in [-0.39, 0.29) is 0 Å². The Morgan fingerprint density at radius 3 is 1.52 bits per heavy atom. The Morgan fingerprint density at radius 2 is 1.19 bits per heavy atom. The van der Waals surface area contributed by atoms with Crippen LogP contribution in [-0.4, -0.2) is 34.9 Å². The van der Waals surface area contributed by atoms with Crippen molar-refractivity contribution < 1.29 is 45.4 Å². The number of carboxylic acid groups (broad SMARTS) is 1. The molecule has 0 atom stereocenters. The zero-order valence-corrected chi connectivity index (χ0v) is 9.72. The lowest BCUT2D eigenvalue weighted by Gasteiger charge is -2.28. The second-order valence-electron chi connectivity index (χ2n) is 3.83. The molecular formula is C11H5F7O3. The minimum Gasteiger partial charge on any atom is -0.478 e. The van der Waals surface area contributed by atoms with E-state index in [0.29, 0.717) is 12.1 Å². The van der Waals surface area contributed by atoms with Crippen LogP contribution >= 0.6 is 0 Å². The Morgan fingerprint density at radius 1 is 0.810 bits per heavy atom. The summed E-state index contributed by atoms with van der Waals surface area (Å²) < 4.78 is 88.0. The van der Waals surface area contributed by atoms with Crippen molar-refractivity contribution in [2.75, 3.05) is 0 Å². The van der Waals surface area contributed by atoms with Crippen molar-refractivity contribution in [1.82, 2.24) is 0 Å². The lowest BCUT2D eigenvalue weighted by molar-refractivity contribution is -0.317. The van der Waals surface area contributed by atoms with E-state index < -0.39 is 40.9 Å². The molecule has 0 bridgehead atoms. The average Bonchev–Trinajstić information content (AvgIpc) is 2.34. The third-order valence-electron chi connectivity index (χ3n) is 2.50. The number of carbonyl (C=O) groups excluding carboxylic acids is 1.